The lowest BCUT2D eigenvalue weighted by Gasteiger charge is -2.32. The van der Waals surface area contributed by atoms with Crippen molar-refractivity contribution in [2.75, 3.05) is 18.5 Å². The van der Waals surface area contributed by atoms with Crippen molar-refractivity contribution in [1.82, 2.24) is 9.88 Å². The quantitative estimate of drug-likeness (QED) is 0.254. The van der Waals surface area contributed by atoms with Gasteiger partial charge in [0.25, 0.3) is 5.91 Å². The molecule has 2 aliphatic rings. The Bertz CT molecular complexity index is 1740. The first-order valence-electron chi connectivity index (χ1n) is 14.8. The summed E-state index contributed by atoms with van der Waals surface area (Å²) in [5.74, 6) is -1.54. The Balaban J connectivity index is 1.29. The van der Waals surface area contributed by atoms with Gasteiger partial charge >= 0.3 is 11.9 Å². The van der Waals surface area contributed by atoms with E-state index in [1.807, 2.05) is 42.5 Å². The van der Waals surface area contributed by atoms with Crippen LogP contribution in [0.2, 0.25) is 0 Å². The highest BCUT2D eigenvalue weighted by Gasteiger charge is 2.32. The van der Waals surface area contributed by atoms with E-state index in [9.17, 15) is 14.4 Å². The second-order valence-electron chi connectivity index (χ2n) is 11.3. The molecule has 3 heterocycles. The molecule has 8 nitrogen and oxygen atoms in total. The number of esters is 2. The standard InChI is InChI=1S/C34H35N3O5S/c1-5-41-33(39)29-24-15-14-21-10-6-7-11-22(21)30(24)43-32(29)36-31(38)20(4)42-34(40)28-23-12-8-9-13-26(23)35-27-16-17-37(19(2)3)18-25(27)28/h6-13,19-20H,5,14-18H2,1-4H3,(H,36,38). The number of rotatable bonds is 7. The van der Waals surface area contributed by atoms with E-state index in [2.05, 4.69) is 30.1 Å². The van der Waals surface area contributed by atoms with Gasteiger partial charge in [0.05, 0.1) is 23.3 Å². The van der Waals surface area contributed by atoms with Crippen LogP contribution in [0.4, 0.5) is 5.00 Å². The fourth-order valence-electron chi connectivity index (χ4n) is 6.02. The minimum absolute atomic E-state index is 0.222. The van der Waals surface area contributed by atoms with Crippen LogP contribution in [0.3, 0.4) is 0 Å². The second kappa shape index (κ2) is 11.9. The van der Waals surface area contributed by atoms with Gasteiger partial charge in [-0.2, -0.15) is 0 Å². The second-order valence-corrected chi connectivity index (χ2v) is 12.3. The van der Waals surface area contributed by atoms with Gasteiger partial charge in [0.2, 0.25) is 0 Å². The van der Waals surface area contributed by atoms with Crippen LogP contribution in [0, 0.1) is 0 Å². The van der Waals surface area contributed by atoms with Crippen molar-refractivity contribution in [2.24, 2.45) is 0 Å². The molecule has 2 aromatic heterocycles. The average Bonchev–Trinajstić information content (AvgIpc) is 3.38. The fourth-order valence-corrected chi connectivity index (χ4v) is 7.32. The third-order valence-electron chi connectivity index (χ3n) is 8.29. The Morgan fingerprint density at radius 3 is 2.51 bits per heavy atom. The molecule has 0 spiro atoms. The van der Waals surface area contributed by atoms with Crippen LogP contribution in [0.5, 0.6) is 0 Å². The summed E-state index contributed by atoms with van der Waals surface area (Å²) in [6.07, 6.45) is 1.09. The number of hydrogen-bond acceptors (Lipinski definition) is 8. The van der Waals surface area contributed by atoms with E-state index < -0.39 is 23.9 Å². The molecule has 1 aliphatic carbocycles. The van der Waals surface area contributed by atoms with Gasteiger partial charge in [-0.25, -0.2) is 9.59 Å². The number of ether oxygens (including phenoxy) is 2. The number of pyridine rings is 1. The maximum Gasteiger partial charge on any atom is 0.341 e. The maximum absolute atomic E-state index is 13.8. The van der Waals surface area contributed by atoms with Gasteiger partial charge in [0.15, 0.2) is 6.10 Å². The van der Waals surface area contributed by atoms with Crippen LogP contribution in [0.25, 0.3) is 21.3 Å². The van der Waals surface area contributed by atoms with Crippen LogP contribution in [-0.4, -0.2) is 53.0 Å². The zero-order valence-corrected chi connectivity index (χ0v) is 25.7. The summed E-state index contributed by atoms with van der Waals surface area (Å²) in [4.78, 5) is 48.5. The lowest BCUT2D eigenvalue weighted by Crippen LogP contribution is -2.37. The molecule has 0 saturated heterocycles. The number of aromatic nitrogens is 1. The molecule has 0 bridgehead atoms. The summed E-state index contributed by atoms with van der Waals surface area (Å²) in [7, 11) is 0. The van der Waals surface area contributed by atoms with Crippen molar-refractivity contribution < 1.29 is 23.9 Å². The van der Waals surface area contributed by atoms with Crippen LogP contribution in [-0.2, 0) is 40.1 Å². The molecule has 1 aliphatic heterocycles. The van der Waals surface area contributed by atoms with Gasteiger partial charge in [-0.1, -0.05) is 42.5 Å². The smallest absolute Gasteiger partial charge is 0.341 e. The first-order valence-corrected chi connectivity index (χ1v) is 15.7. The van der Waals surface area contributed by atoms with Crippen molar-refractivity contribution in [1.29, 1.82) is 0 Å². The third-order valence-corrected chi connectivity index (χ3v) is 9.47. The van der Waals surface area contributed by atoms with Gasteiger partial charge < -0.3 is 14.8 Å². The van der Waals surface area contributed by atoms with Gasteiger partial charge in [0.1, 0.15) is 5.00 Å². The van der Waals surface area contributed by atoms with Crippen LogP contribution < -0.4 is 5.32 Å². The van der Waals surface area contributed by atoms with E-state index in [0.717, 1.165) is 52.2 Å². The Kier molecular flexibility index (Phi) is 8.03. The topological polar surface area (TPSA) is 97.8 Å². The lowest BCUT2D eigenvalue weighted by molar-refractivity contribution is -0.123. The number of nitrogens with one attached hydrogen (secondary N) is 1. The van der Waals surface area contributed by atoms with Crippen molar-refractivity contribution in [2.45, 2.75) is 65.6 Å². The Hall–Kier alpha value is -4.08. The summed E-state index contributed by atoms with van der Waals surface area (Å²) < 4.78 is 11.2. The fraction of sp³-hybridized carbons (Fsp3) is 0.353. The lowest BCUT2D eigenvalue weighted by atomic mass is 9.89. The largest absolute Gasteiger partial charge is 0.462 e. The SMILES string of the molecule is CCOC(=O)c1c(NC(=O)C(C)OC(=O)c2c3c(nc4ccccc24)CCN(C(C)C)C3)sc2c1CCc1ccccc1-2. The number of benzene rings is 2. The molecule has 222 valence electrons. The van der Waals surface area contributed by atoms with Crippen LogP contribution >= 0.6 is 11.3 Å². The summed E-state index contributed by atoms with van der Waals surface area (Å²) >= 11 is 1.36. The summed E-state index contributed by atoms with van der Waals surface area (Å²) in [5, 5.41) is 4.01. The molecule has 0 fully saturated rings. The van der Waals surface area contributed by atoms with E-state index in [0.29, 0.717) is 40.5 Å². The number of aryl methyl sites for hydroxylation is 1. The highest BCUT2D eigenvalue weighted by atomic mass is 32.1. The molecule has 1 unspecified atom stereocenters. The molecule has 9 heteroatoms. The number of nitrogens with zero attached hydrogens (tertiary/aromatic N) is 2. The summed E-state index contributed by atoms with van der Waals surface area (Å²) in [6, 6.07) is 16.0. The molecule has 1 amide bonds. The molecule has 0 saturated carbocycles. The van der Waals surface area contributed by atoms with Gasteiger partial charge in [0, 0.05) is 47.1 Å². The molecule has 6 rings (SSSR count). The summed E-state index contributed by atoms with van der Waals surface area (Å²) in [6.45, 7) is 9.25. The Morgan fingerprint density at radius 2 is 1.72 bits per heavy atom. The number of carbonyl (C=O) groups excluding carboxylic acids is 3. The van der Waals surface area contributed by atoms with E-state index in [-0.39, 0.29) is 6.61 Å². The number of fused-ring (bicyclic) bond motifs is 5. The normalized spacial score (nSPS) is 14.9. The minimum Gasteiger partial charge on any atom is -0.462 e. The monoisotopic (exact) mass is 597 g/mol. The van der Waals surface area contributed by atoms with Gasteiger partial charge in [-0.3, -0.25) is 14.7 Å². The van der Waals surface area contributed by atoms with E-state index in [4.69, 9.17) is 14.5 Å². The highest BCUT2D eigenvalue weighted by molar-refractivity contribution is 7.20. The Labute approximate surface area is 255 Å². The number of carbonyl (C=O) groups is 3. The highest BCUT2D eigenvalue weighted by Crippen LogP contribution is 2.45. The minimum atomic E-state index is -1.11. The zero-order valence-electron chi connectivity index (χ0n) is 24.9. The predicted octanol–water partition coefficient (Wildman–Crippen LogP) is 6.19. The zero-order chi connectivity index (χ0) is 30.2. The van der Waals surface area contributed by atoms with Crippen molar-refractivity contribution in [3.8, 4) is 10.4 Å². The molecule has 1 atom stereocenters. The first kappa shape index (κ1) is 29.0. The molecular weight excluding hydrogens is 562 g/mol. The van der Waals surface area contributed by atoms with Crippen LogP contribution in [0.1, 0.15) is 70.8 Å². The summed E-state index contributed by atoms with van der Waals surface area (Å²) in [5.41, 5.74) is 6.46. The number of para-hydroxylation sites is 1. The molecule has 1 N–H and O–H groups in total. The van der Waals surface area contributed by atoms with Gasteiger partial charge in [-0.15, -0.1) is 11.3 Å². The van der Waals surface area contributed by atoms with E-state index in [1.54, 1.807) is 13.8 Å². The van der Waals surface area contributed by atoms with Crippen molar-refractivity contribution >= 4 is 45.1 Å². The van der Waals surface area contributed by atoms with Crippen molar-refractivity contribution in [3.63, 3.8) is 0 Å². The number of anilines is 1. The number of amides is 1. The predicted molar refractivity (Wildman–Crippen MR) is 168 cm³/mol. The number of hydrogen-bond donors (Lipinski definition) is 1. The van der Waals surface area contributed by atoms with Crippen molar-refractivity contribution in [3.05, 3.63) is 82.0 Å². The van der Waals surface area contributed by atoms with E-state index >= 15 is 0 Å². The number of thiophene rings is 1. The van der Waals surface area contributed by atoms with E-state index in [1.165, 1.54) is 16.9 Å². The molecule has 0 radical (unpaired) electrons. The molecule has 4 aromatic rings. The van der Waals surface area contributed by atoms with Gasteiger partial charge in [-0.05, 0) is 63.3 Å². The Morgan fingerprint density at radius 1 is 0.953 bits per heavy atom. The maximum atomic E-state index is 13.8. The third kappa shape index (κ3) is 5.43. The average molecular weight is 598 g/mol. The first-order chi connectivity index (χ1) is 20.8. The molecular formula is C34H35N3O5S. The van der Waals surface area contributed by atoms with Crippen LogP contribution in [0.15, 0.2) is 48.5 Å². The molecule has 43 heavy (non-hydrogen) atoms. The molecule has 2 aromatic carbocycles.